The molecule has 0 unspecified atom stereocenters. The normalized spacial score (nSPS) is 19.8. The number of benzene rings is 2. The lowest BCUT2D eigenvalue weighted by molar-refractivity contribution is 0.00431. The highest BCUT2D eigenvalue weighted by Gasteiger charge is 2.39. The Kier molecular flexibility index (Phi) is 5.36. The number of rotatable bonds is 6. The third-order valence-corrected chi connectivity index (χ3v) is 4.38. The first kappa shape index (κ1) is 17.5. The number of amides is 1. The third kappa shape index (κ3) is 4.38. The van der Waals surface area contributed by atoms with Crippen molar-refractivity contribution in [2.75, 3.05) is 26.8 Å². The molecule has 2 aromatic carbocycles. The minimum Gasteiger partial charge on any atom is -0.491 e. The van der Waals surface area contributed by atoms with E-state index >= 15 is 0 Å². The van der Waals surface area contributed by atoms with Crippen molar-refractivity contribution in [2.24, 2.45) is 0 Å². The molecule has 1 aliphatic rings. The van der Waals surface area contributed by atoms with Crippen molar-refractivity contribution in [1.29, 1.82) is 0 Å². The van der Waals surface area contributed by atoms with Crippen molar-refractivity contribution < 1.29 is 19.4 Å². The van der Waals surface area contributed by atoms with Crippen LogP contribution in [0.4, 0.5) is 0 Å². The highest BCUT2D eigenvalue weighted by molar-refractivity contribution is 5.94. The maximum atomic E-state index is 12.6. The second-order valence-corrected chi connectivity index (χ2v) is 6.43. The lowest BCUT2D eigenvalue weighted by Crippen LogP contribution is -2.40. The smallest absolute Gasteiger partial charge is 0.253 e. The number of para-hydroxylation sites is 1. The maximum absolute atomic E-state index is 12.6. The molecule has 2 aromatic rings. The predicted molar refractivity (Wildman–Crippen MR) is 94.6 cm³/mol. The van der Waals surface area contributed by atoms with Crippen LogP contribution < -0.4 is 4.74 Å². The molecule has 1 amide bonds. The summed E-state index contributed by atoms with van der Waals surface area (Å²) in [6.07, 6.45) is 0.507. The van der Waals surface area contributed by atoms with Crippen molar-refractivity contribution in [3.63, 3.8) is 0 Å². The Balaban J connectivity index is 1.58. The minimum absolute atomic E-state index is 0.0698. The fourth-order valence-electron chi connectivity index (χ4n) is 2.97. The number of carbonyl (C=O) groups is 1. The second-order valence-electron chi connectivity index (χ2n) is 6.43. The van der Waals surface area contributed by atoms with Gasteiger partial charge in [-0.3, -0.25) is 4.79 Å². The highest BCUT2D eigenvalue weighted by Crippen LogP contribution is 2.24. The molecule has 0 saturated carbocycles. The Labute approximate surface area is 147 Å². The Morgan fingerprint density at radius 3 is 2.56 bits per heavy atom. The first-order valence-electron chi connectivity index (χ1n) is 8.37. The largest absolute Gasteiger partial charge is 0.491 e. The standard InChI is InChI=1S/C20H23NO4/c1-24-13-16-7-9-17(10-8-16)19(22)21-12-11-20(23,14-21)15-25-18-5-3-2-4-6-18/h2-10,23H,11-15H2,1H3/t20-/m0/s1. The van der Waals surface area contributed by atoms with Gasteiger partial charge >= 0.3 is 0 Å². The number of β-amino-alcohol motifs (C(OH)–C–C–N with tert-alkyl or cyclic N) is 1. The van der Waals surface area contributed by atoms with E-state index in [2.05, 4.69) is 0 Å². The molecule has 132 valence electrons. The van der Waals surface area contributed by atoms with Crippen molar-refractivity contribution >= 4 is 5.91 Å². The Morgan fingerprint density at radius 1 is 1.16 bits per heavy atom. The van der Waals surface area contributed by atoms with Crippen molar-refractivity contribution in [1.82, 2.24) is 4.90 Å². The number of likely N-dealkylation sites (tertiary alicyclic amines) is 1. The molecule has 0 bridgehead atoms. The van der Waals surface area contributed by atoms with Gasteiger partial charge in [0.05, 0.1) is 13.2 Å². The summed E-state index contributed by atoms with van der Waals surface area (Å²) >= 11 is 0. The molecule has 5 nitrogen and oxygen atoms in total. The molecule has 1 N–H and O–H groups in total. The predicted octanol–water partition coefficient (Wildman–Crippen LogP) is 2.49. The van der Waals surface area contributed by atoms with Crippen molar-refractivity contribution in [3.8, 4) is 5.75 Å². The molecular weight excluding hydrogens is 318 g/mol. The fraction of sp³-hybridized carbons (Fsp3) is 0.350. The molecule has 5 heteroatoms. The summed E-state index contributed by atoms with van der Waals surface area (Å²) in [4.78, 5) is 14.3. The Morgan fingerprint density at radius 2 is 1.88 bits per heavy atom. The minimum atomic E-state index is -1.01. The van der Waals surface area contributed by atoms with E-state index in [4.69, 9.17) is 9.47 Å². The van der Waals surface area contributed by atoms with Crippen molar-refractivity contribution in [2.45, 2.75) is 18.6 Å². The van der Waals surface area contributed by atoms with Gasteiger partial charge in [0.1, 0.15) is 18.0 Å². The fourth-order valence-corrected chi connectivity index (χ4v) is 2.97. The van der Waals surface area contributed by atoms with E-state index in [-0.39, 0.29) is 19.1 Å². The molecule has 0 radical (unpaired) electrons. The lowest BCUT2D eigenvalue weighted by Gasteiger charge is -2.23. The Hall–Kier alpha value is -2.37. The first-order valence-corrected chi connectivity index (χ1v) is 8.37. The quantitative estimate of drug-likeness (QED) is 0.877. The number of aliphatic hydroxyl groups is 1. The van der Waals surface area contributed by atoms with Gasteiger partial charge in [-0.2, -0.15) is 0 Å². The van der Waals surface area contributed by atoms with E-state index in [1.165, 1.54) is 0 Å². The molecule has 0 aliphatic carbocycles. The molecule has 1 heterocycles. The molecule has 1 fully saturated rings. The van der Waals surface area contributed by atoms with Crippen LogP contribution in [0.3, 0.4) is 0 Å². The molecule has 25 heavy (non-hydrogen) atoms. The monoisotopic (exact) mass is 341 g/mol. The van der Waals surface area contributed by atoms with Crippen LogP contribution >= 0.6 is 0 Å². The van der Waals surface area contributed by atoms with Crippen LogP contribution in [0.5, 0.6) is 5.75 Å². The zero-order valence-corrected chi connectivity index (χ0v) is 14.4. The summed E-state index contributed by atoms with van der Waals surface area (Å²) in [5.74, 6) is 0.647. The Bertz CT molecular complexity index is 701. The van der Waals surface area contributed by atoms with E-state index in [0.717, 1.165) is 11.3 Å². The zero-order chi connectivity index (χ0) is 17.7. The van der Waals surface area contributed by atoms with Crippen LogP contribution in [0.15, 0.2) is 54.6 Å². The number of hydrogen-bond donors (Lipinski definition) is 1. The molecule has 3 rings (SSSR count). The SMILES string of the molecule is COCc1ccc(C(=O)N2CC[C@@](O)(COc3ccccc3)C2)cc1. The summed E-state index contributed by atoms with van der Waals surface area (Å²) in [5.41, 5.74) is 0.628. The van der Waals surface area contributed by atoms with Crippen LogP contribution in [-0.4, -0.2) is 48.3 Å². The first-order chi connectivity index (χ1) is 12.1. The molecular formula is C20H23NO4. The van der Waals surface area contributed by atoms with E-state index in [9.17, 15) is 9.90 Å². The van der Waals surface area contributed by atoms with Gasteiger partial charge in [-0.25, -0.2) is 0 Å². The number of ether oxygens (including phenoxy) is 2. The summed E-state index contributed by atoms with van der Waals surface area (Å²) in [5, 5.41) is 10.7. The van der Waals surface area contributed by atoms with Gasteiger partial charge in [0.15, 0.2) is 0 Å². The number of nitrogens with zero attached hydrogens (tertiary/aromatic N) is 1. The van der Waals surface area contributed by atoms with Gasteiger partial charge in [-0.05, 0) is 36.2 Å². The average molecular weight is 341 g/mol. The molecule has 0 aromatic heterocycles. The van der Waals surface area contributed by atoms with E-state index in [0.29, 0.717) is 25.1 Å². The van der Waals surface area contributed by atoms with E-state index in [1.54, 1.807) is 24.1 Å². The second kappa shape index (κ2) is 7.68. The summed E-state index contributed by atoms with van der Waals surface area (Å²) in [6, 6.07) is 16.8. The van der Waals surface area contributed by atoms with Gasteiger partial charge in [-0.1, -0.05) is 30.3 Å². The third-order valence-electron chi connectivity index (χ3n) is 4.38. The topological polar surface area (TPSA) is 59.0 Å². The van der Waals surface area contributed by atoms with Gasteiger partial charge in [0, 0.05) is 19.2 Å². The summed E-state index contributed by atoms with van der Waals surface area (Å²) < 4.78 is 10.7. The van der Waals surface area contributed by atoms with Crippen LogP contribution in [0.2, 0.25) is 0 Å². The van der Waals surface area contributed by atoms with Gasteiger partial charge < -0.3 is 19.5 Å². The molecule has 0 spiro atoms. The van der Waals surface area contributed by atoms with Crippen molar-refractivity contribution in [3.05, 3.63) is 65.7 Å². The number of methoxy groups -OCH3 is 1. The van der Waals surface area contributed by atoms with Gasteiger partial charge in [0.2, 0.25) is 0 Å². The summed E-state index contributed by atoms with van der Waals surface area (Å²) in [7, 11) is 1.64. The number of hydrogen-bond acceptors (Lipinski definition) is 4. The van der Waals surface area contributed by atoms with Crippen LogP contribution in [0.25, 0.3) is 0 Å². The molecule has 1 saturated heterocycles. The summed E-state index contributed by atoms with van der Waals surface area (Å²) in [6.45, 7) is 1.49. The van der Waals surface area contributed by atoms with Crippen LogP contribution in [0.1, 0.15) is 22.3 Å². The van der Waals surface area contributed by atoms with Gasteiger partial charge in [-0.15, -0.1) is 0 Å². The number of carbonyl (C=O) groups excluding carboxylic acids is 1. The average Bonchev–Trinajstić information content (AvgIpc) is 3.04. The maximum Gasteiger partial charge on any atom is 0.253 e. The van der Waals surface area contributed by atoms with Crippen LogP contribution in [-0.2, 0) is 11.3 Å². The van der Waals surface area contributed by atoms with Crippen LogP contribution in [0, 0.1) is 0 Å². The molecule has 1 atom stereocenters. The lowest BCUT2D eigenvalue weighted by atomic mass is 10.1. The van der Waals surface area contributed by atoms with Gasteiger partial charge in [0.25, 0.3) is 5.91 Å². The van der Waals surface area contributed by atoms with E-state index in [1.807, 2.05) is 42.5 Å². The highest BCUT2D eigenvalue weighted by atomic mass is 16.5. The zero-order valence-electron chi connectivity index (χ0n) is 14.4. The molecule has 1 aliphatic heterocycles. The van der Waals surface area contributed by atoms with E-state index < -0.39 is 5.60 Å².